The zero-order chi connectivity index (χ0) is 13.8. The number of hydrogen-bond acceptors (Lipinski definition) is 3. The summed E-state index contributed by atoms with van der Waals surface area (Å²) in [5, 5.41) is 3.44. The van der Waals surface area contributed by atoms with E-state index in [0.717, 1.165) is 16.8 Å². The number of methoxy groups -OCH3 is 1. The third-order valence-corrected chi connectivity index (χ3v) is 4.57. The summed E-state index contributed by atoms with van der Waals surface area (Å²) in [4.78, 5) is 2.62. The van der Waals surface area contributed by atoms with E-state index in [2.05, 4.69) is 59.4 Å². The molecule has 1 heterocycles. The Morgan fingerprint density at radius 1 is 1.26 bits per heavy atom. The zero-order valence-electron chi connectivity index (χ0n) is 11.4. The predicted octanol–water partition coefficient (Wildman–Crippen LogP) is 4.68. The number of ether oxygens (including phenoxy) is 1. The number of halogens is 1. The Morgan fingerprint density at radius 2 is 2.05 bits per heavy atom. The Morgan fingerprint density at radius 3 is 2.74 bits per heavy atom. The van der Waals surface area contributed by atoms with E-state index in [4.69, 9.17) is 4.74 Å². The first-order valence-corrected chi connectivity index (χ1v) is 7.87. The van der Waals surface area contributed by atoms with Crippen molar-refractivity contribution in [2.45, 2.75) is 26.4 Å². The summed E-state index contributed by atoms with van der Waals surface area (Å²) >= 11 is 5.30. The van der Waals surface area contributed by atoms with Gasteiger partial charge >= 0.3 is 0 Å². The quantitative estimate of drug-likeness (QED) is 0.853. The minimum absolute atomic E-state index is 0.512. The first kappa shape index (κ1) is 14.6. The van der Waals surface area contributed by atoms with Crippen molar-refractivity contribution in [1.82, 2.24) is 5.32 Å². The maximum Gasteiger partial charge on any atom is 0.133 e. The Bertz CT molecular complexity index is 551. The first-order valence-electron chi connectivity index (χ1n) is 6.26. The average Bonchev–Trinajstić information content (AvgIpc) is 2.86. The van der Waals surface area contributed by atoms with Crippen LogP contribution >= 0.6 is 27.3 Å². The fourth-order valence-corrected chi connectivity index (χ4v) is 3.11. The SMILES string of the molecule is COc1cc(-c2ccc(CNC(C)C)s2)ccc1Br. The van der Waals surface area contributed by atoms with E-state index in [9.17, 15) is 0 Å². The number of nitrogens with one attached hydrogen (secondary N) is 1. The molecule has 4 heteroatoms. The number of hydrogen-bond donors (Lipinski definition) is 1. The molecule has 1 N–H and O–H groups in total. The largest absolute Gasteiger partial charge is 0.496 e. The summed E-state index contributed by atoms with van der Waals surface area (Å²) in [5.74, 6) is 0.868. The topological polar surface area (TPSA) is 21.3 Å². The van der Waals surface area contributed by atoms with Gasteiger partial charge in [-0.3, -0.25) is 0 Å². The lowest BCUT2D eigenvalue weighted by molar-refractivity contribution is 0.412. The molecule has 2 nitrogen and oxygen atoms in total. The molecule has 19 heavy (non-hydrogen) atoms. The summed E-state index contributed by atoms with van der Waals surface area (Å²) < 4.78 is 6.32. The van der Waals surface area contributed by atoms with Crippen LogP contribution in [0, 0.1) is 0 Å². The fourth-order valence-electron chi connectivity index (χ4n) is 1.75. The highest BCUT2D eigenvalue weighted by Crippen LogP contribution is 2.34. The lowest BCUT2D eigenvalue weighted by atomic mass is 10.2. The summed E-state index contributed by atoms with van der Waals surface area (Å²) in [6.07, 6.45) is 0. The second kappa shape index (κ2) is 6.55. The molecule has 0 saturated heterocycles. The Hall–Kier alpha value is -0.840. The molecular weight excluding hydrogens is 322 g/mol. The molecule has 0 radical (unpaired) electrons. The van der Waals surface area contributed by atoms with Crippen LogP contribution in [0.2, 0.25) is 0 Å². The second-order valence-corrected chi connectivity index (χ2v) is 6.67. The molecule has 0 bridgehead atoms. The fraction of sp³-hybridized carbons (Fsp3) is 0.333. The molecule has 0 fully saturated rings. The van der Waals surface area contributed by atoms with Gasteiger partial charge in [0, 0.05) is 22.3 Å². The Labute approximate surface area is 126 Å². The lowest BCUT2D eigenvalue weighted by Gasteiger charge is -2.06. The molecule has 1 aromatic carbocycles. The van der Waals surface area contributed by atoms with Crippen molar-refractivity contribution in [2.24, 2.45) is 0 Å². The van der Waals surface area contributed by atoms with E-state index < -0.39 is 0 Å². The van der Waals surface area contributed by atoms with E-state index in [0.29, 0.717) is 6.04 Å². The minimum Gasteiger partial charge on any atom is -0.496 e. The highest BCUT2D eigenvalue weighted by Gasteiger charge is 2.07. The standard InChI is InChI=1S/C15H18BrNOS/c1-10(2)17-9-12-5-7-15(19-12)11-4-6-13(16)14(8-11)18-3/h4-8,10,17H,9H2,1-3H3. The predicted molar refractivity (Wildman–Crippen MR) is 86.0 cm³/mol. The van der Waals surface area contributed by atoms with Crippen LogP contribution in [-0.4, -0.2) is 13.2 Å². The lowest BCUT2D eigenvalue weighted by Crippen LogP contribution is -2.21. The van der Waals surface area contributed by atoms with Crippen LogP contribution < -0.4 is 10.1 Å². The molecular formula is C15H18BrNOS. The van der Waals surface area contributed by atoms with Crippen molar-refractivity contribution >= 4 is 27.3 Å². The second-order valence-electron chi connectivity index (χ2n) is 4.65. The van der Waals surface area contributed by atoms with Crippen molar-refractivity contribution in [3.63, 3.8) is 0 Å². The van der Waals surface area contributed by atoms with Gasteiger partial charge in [-0.2, -0.15) is 0 Å². The Balaban J connectivity index is 2.18. The molecule has 0 atom stereocenters. The van der Waals surface area contributed by atoms with Crippen molar-refractivity contribution in [3.05, 3.63) is 39.7 Å². The van der Waals surface area contributed by atoms with E-state index in [-0.39, 0.29) is 0 Å². The average molecular weight is 340 g/mol. The maximum absolute atomic E-state index is 5.34. The van der Waals surface area contributed by atoms with Crippen molar-refractivity contribution in [3.8, 4) is 16.2 Å². The van der Waals surface area contributed by atoms with Gasteiger partial charge in [-0.25, -0.2) is 0 Å². The van der Waals surface area contributed by atoms with Gasteiger partial charge < -0.3 is 10.1 Å². The van der Waals surface area contributed by atoms with Crippen LogP contribution in [0.1, 0.15) is 18.7 Å². The number of thiophene rings is 1. The van der Waals surface area contributed by atoms with E-state index >= 15 is 0 Å². The van der Waals surface area contributed by atoms with Gasteiger partial charge in [0.1, 0.15) is 5.75 Å². The van der Waals surface area contributed by atoms with Crippen molar-refractivity contribution in [1.29, 1.82) is 0 Å². The molecule has 102 valence electrons. The van der Waals surface area contributed by atoms with E-state index in [1.807, 2.05) is 17.4 Å². The molecule has 0 aliphatic carbocycles. The van der Waals surface area contributed by atoms with Gasteiger partial charge in [0.05, 0.1) is 11.6 Å². The molecule has 0 spiro atoms. The molecule has 0 aliphatic heterocycles. The maximum atomic E-state index is 5.34. The summed E-state index contributed by atoms with van der Waals surface area (Å²) in [6, 6.07) is 11.1. The van der Waals surface area contributed by atoms with Gasteiger partial charge in [-0.1, -0.05) is 19.9 Å². The third kappa shape index (κ3) is 3.81. The zero-order valence-corrected chi connectivity index (χ0v) is 13.8. The Kier molecular flexibility index (Phi) is 5.02. The number of benzene rings is 1. The summed E-state index contributed by atoms with van der Waals surface area (Å²) in [7, 11) is 1.69. The minimum atomic E-state index is 0.512. The summed E-state index contributed by atoms with van der Waals surface area (Å²) in [5.41, 5.74) is 1.20. The van der Waals surface area contributed by atoms with Crippen LogP contribution in [0.15, 0.2) is 34.8 Å². The van der Waals surface area contributed by atoms with E-state index in [1.165, 1.54) is 15.3 Å². The van der Waals surface area contributed by atoms with Gasteiger partial charge in [0.25, 0.3) is 0 Å². The van der Waals surface area contributed by atoms with Crippen LogP contribution in [0.25, 0.3) is 10.4 Å². The third-order valence-electron chi connectivity index (χ3n) is 2.78. The van der Waals surface area contributed by atoms with Crippen molar-refractivity contribution in [2.75, 3.05) is 7.11 Å². The molecule has 0 saturated carbocycles. The molecule has 0 amide bonds. The van der Waals surface area contributed by atoms with Crippen molar-refractivity contribution < 1.29 is 4.74 Å². The van der Waals surface area contributed by atoms with Gasteiger partial charge in [0.15, 0.2) is 0 Å². The molecule has 0 aliphatic rings. The van der Waals surface area contributed by atoms with Gasteiger partial charge in [0.2, 0.25) is 0 Å². The molecule has 2 rings (SSSR count). The van der Waals surface area contributed by atoms with Gasteiger partial charge in [-0.05, 0) is 45.8 Å². The van der Waals surface area contributed by atoms with Gasteiger partial charge in [-0.15, -0.1) is 11.3 Å². The molecule has 1 aromatic heterocycles. The van der Waals surface area contributed by atoms with Crippen LogP contribution in [-0.2, 0) is 6.54 Å². The molecule has 0 unspecified atom stereocenters. The first-order chi connectivity index (χ1) is 9.10. The van der Waals surface area contributed by atoms with E-state index in [1.54, 1.807) is 7.11 Å². The van der Waals surface area contributed by atoms with Crippen LogP contribution in [0.4, 0.5) is 0 Å². The number of rotatable bonds is 5. The normalized spacial score (nSPS) is 11.0. The monoisotopic (exact) mass is 339 g/mol. The highest BCUT2D eigenvalue weighted by atomic mass is 79.9. The van der Waals surface area contributed by atoms with Crippen LogP contribution in [0.5, 0.6) is 5.75 Å². The smallest absolute Gasteiger partial charge is 0.133 e. The summed E-state index contributed by atoms with van der Waals surface area (Å²) in [6.45, 7) is 5.25. The highest BCUT2D eigenvalue weighted by molar-refractivity contribution is 9.10. The molecule has 2 aromatic rings. The van der Waals surface area contributed by atoms with Crippen LogP contribution in [0.3, 0.4) is 0 Å².